The summed E-state index contributed by atoms with van der Waals surface area (Å²) in [6.45, 7) is 2.21. The molecule has 0 radical (unpaired) electrons. The number of benzene rings is 1. The van der Waals surface area contributed by atoms with Crippen LogP contribution in [0.5, 0.6) is 11.5 Å². The van der Waals surface area contributed by atoms with Crippen molar-refractivity contribution in [1.82, 2.24) is 15.4 Å². The zero-order valence-electron chi connectivity index (χ0n) is 18.1. The van der Waals surface area contributed by atoms with Gasteiger partial charge in [0.15, 0.2) is 5.69 Å². The lowest BCUT2D eigenvalue weighted by atomic mass is 10.0. The number of hydrogen-bond donors (Lipinski definition) is 3. The highest BCUT2D eigenvalue weighted by Gasteiger charge is 2.30. The standard InChI is InChI=1S/C21H26N4O7/c1-4-12(20(27)28)10-22-19(26)18-14-11-25(8-7-16(14)32-24-18)21(29)23-15-9-13(30-2)5-6-17(15)31-3/h5-6,9,12H,4,7-8,10-11H2,1-3H3,(H,22,26)(H,23,29)(H,27,28). The highest BCUT2D eigenvalue weighted by atomic mass is 16.5. The molecule has 32 heavy (non-hydrogen) atoms. The molecule has 0 fully saturated rings. The third kappa shape index (κ3) is 4.93. The predicted molar refractivity (Wildman–Crippen MR) is 113 cm³/mol. The van der Waals surface area contributed by atoms with Crippen LogP contribution in [-0.2, 0) is 17.8 Å². The summed E-state index contributed by atoms with van der Waals surface area (Å²) < 4.78 is 15.8. The molecule has 0 spiro atoms. The largest absolute Gasteiger partial charge is 0.497 e. The summed E-state index contributed by atoms with van der Waals surface area (Å²) in [6, 6.07) is 4.67. The Morgan fingerprint density at radius 2 is 2.06 bits per heavy atom. The van der Waals surface area contributed by atoms with Crippen LogP contribution in [0.25, 0.3) is 0 Å². The van der Waals surface area contributed by atoms with Crippen molar-refractivity contribution < 1.29 is 33.5 Å². The number of anilines is 1. The van der Waals surface area contributed by atoms with Crippen LogP contribution < -0.4 is 20.1 Å². The maximum absolute atomic E-state index is 12.9. The molecule has 3 rings (SSSR count). The summed E-state index contributed by atoms with van der Waals surface area (Å²) in [5, 5.41) is 18.4. The first kappa shape index (κ1) is 22.9. The van der Waals surface area contributed by atoms with Crippen molar-refractivity contribution in [2.75, 3.05) is 32.6 Å². The molecular formula is C21H26N4O7. The lowest BCUT2D eigenvalue weighted by Crippen LogP contribution is -2.39. The van der Waals surface area contributed by atoms with Crippen molar-refractivity contribution in [1.29, 1.82) is 0 Å². The second-order valence-electron chi connectivity index (χ2n) is 7.25. The number of amides is 3. The lowest BCUT2D eigenvalue weighted by molar-refractivity contribution is -0.141. The molecular weight excluding hydrogens is 420 g/mol. The van der Waals surface area contributed by atoms with Crippen molar-refractivity contribution in [3.63, 3.8) is 0 Å². The molecule has 0 saturated carbocycles. The minimum atomic E-state index is -0.981. The molecule has 1 aromatic carbocycles. The first-order chi connectivity index (χ1) is 15.4. The average Bonchev–Trinajstić information content (AvgIpc) is 3.22. The maximum Gasteiger partial charge on any atom is 0.322 e. The van der Waals surface area contributed by atoms with E-state index in [1.807, 2.05) is 0 Å². The summed E-state index contributed by atoms with van der Waals surface area (Å²) in [7, 11) is 3.03. The Balaban J connectivity index is 1.70. The summed E-state index contributed by atoms with van der Waals surface area (Å²) in [5.41, 5.74) is 1.01. The molecule has 0 bridgehead atoms. The van der Waals surface area contributed by atoms with Crippen LogP contribution in [0.4, 0.5) is 10.5 Å². The van der Waals surface area contributed by atoms with Gasteiger partial charge in [0.2, 0.25) is 0 Å². The number of carboxylic acid groups (broad SMARTS) is 1. The van der Waals surface area contributed by atoms with E-state index in [1.54, 1.807) is 25.1 Å². The smallest absolute Gasteiger partial charge is 0.322 e. The van der Waals surface area contributed by atoms with Gasteiger partial charge in [0.25, 0.3) is 5.91 Å². The quantitative estimate of drug-likeness (QED) is 0.559. The van der Waals surface area contributed by atoms with E-state index in [9.17, 15) is 14.4 Å². The van der Waals surface area contributed by atoms with Crippen molar-refractivity contribution in [2.24, 2.45) is 5.92 Å². The zero-order valence-corrected chi connectivity index (χ0v) is 18.1. The van der Waals surface area contributed by atoms with Crippen LogP contribution in [0.3, 0.4) is 0 Å². The van der Waals surface area contributed by atoms with Crippen LogP contribution in [0.1, 0.15) is 35.2 Å². The second kappa shape index (κ2) is 10.0. The molecule has 11 heteroatoms. The van der Waals surface area contributed by atoms with Gasteiger partial charge in [-0.05, 0) is 18.6 Å². The molecule has 1 aliphatic rings. The molecule has 2 heterocycles. The molecule has 1 atom stereocenters. The number of aromatic nitrogens is 1. The van der Waals surface area contributed by atoms with Crippen molar-refractivity contribution in [3.8, 4) is 11.5 Å². The van der Waals surface area contributed by atoms with E-state index in [0.717, 1.165) is 0 Å². The third-order valence-electron chi connectivity index (χ3n) is 5.33. The van der Waals surface area contributed by atoms with Crippen molar-refractivity contribution in [2.45, 2.75) is 26.3 Å². The second-order valence-corrected chi connectivity index (χ2v) is 7.25. The van der Waals surface area contributed by atoms with E-state index in [4.69, 9.17) is 19.1 Å². The molecule has 172 valence electrons. The average molecular weight is 446 g/mol. The van der Waals surface area contributed by atoms with Gasteiger partial charge in [-0.25, -0.2) is 4.79 Å². The Hall–Kier alpha value is -3.76. The van der Waals surface area contributed by atoms with Crippen molar-refractivity contribution >= 4 is 23.6 Å². The first-order valence-corrected chi connectivity index (χ1v) is 10.1. The fourth-order valence-corrected chi connectivity index (χ4v) is 3.37. The highest BCUT2D eigenvalue weighted by Crippen LogP contribution is 2.30. The van der Waals surface area contributed by atoms with E-state index in [1.165, 1.54) is 19.1 Å². The normalized spacial score (nSPS) is 13.7. The van der Waals surface area contributed by atoms with Gasteiger partial charge in [0.1, 0.15) is 17.3 Å². The number of methoxy groups -OCH3 is 2. The molecule has 0 saturated heterocycles. The third-order valence-corrected chi connectivity index (χ3v) is 5.33. The number of fused-ring (bicyclic) bond motifs is 1. The van der Waals surface area contributed by atoms with Crippen LogP contribution >= 0.6 is 0 Å². The predicted octanol–water partition coefficient (Wildman–Crippen LogP) is 2.12. The summed E-state index contributed by atoms with van der Waals surface area (Å²) in [5.74, 6) is -0.639. The van der Waals surface area contributed by atoms with Gasteiger partial charge in [-0.3, -0.25) is 9.59 Å². The van der Waals surface area contributed by atoms with Crippen molar-refractivity contribution in [3.05, 3.63) is 35.2 Å². The number of carbonyl (C=O) groups is 3. The van der Waals surface area contributed by atoms with Gasteiger partial charge in [0.05, 0.1) is 32.4 Å². The van der Waals surface area contributed by atoms with Gasteiger partial charge in [-0.2, -0.15) is 0 Å². The molecule has 11 nitrogen and oxygen atoms in total. The van der Waals surface area contributed by atoms with Gasteiger partial charge in [-0.1, -0.05) is 12.1 Å². The Kier molecular flexibility index (Phi) is 7.18. The number of hydrogen-bond acceptors (Lipinski definition) is 7. The van der Waals surface area contributed by atoms with Crippen LogP contribution in [0.2, 0.25) is 0 Å². The van der Waals surface area contributed by atoms with E-state index < -0.39 is 17.8 Å². The fourth-order valence-electron chi connectivity index (χ4n) is 3.37. The number of nitrogens with zero attached hydrogens (tertiary/aromatic N) is 2. The maximum atomic E-state index is 12.9. The molecule has 1 aliphatic heterocycles. The monoisotopic (exact) mass is 446 g/mol. The number of aliphatic carboxylic acids is 1. The number of carboxylic acids is 1. The summed E-state index contributed by atoms with van der Waals surface area (Å²) in [4.78, 5) is 38.1. The van der Waals surface area contributed by atoms with Crippen LogP contribution in [0.15, 0.2) is 22.7 Å². The molecule has 0 aliphatic carbocycles. The highest BCUT2D eigenvalue weighted by molar-refractivity contribution is 5.95. The molecule has 1 unspecified atom stereocenters. The summed E-state index contributed by atoms with van der Waals surface area (Å²) in [6.07, 6.45) is 0.777. The Morgan fingerprint density at radius 3 is 2.72 bits per heavy atom. The van der Waals surface area contributed by atoms with E-state index in [-0.39, 0.29) is 24.8 Å². The number of urea groups is 1. The number of carbonyl (C=O) groups excluding carboxylic acids is 2. The zero-order chi connectivity index (χ0) is 23.3. The Morgan fingerprint density at radius 1 is 1.28 bits per heavy atom. The molecule has 1 aromatic heterocycles. The molecule has 2 aromatic rings. The van der Waals surface area contributed by atoms with E-state index in [0.29, 0.717) is 47.9 Å². The van der Waals surface area contributed by atoms with Gasteiger partial charge < -0.3 is 34.6 Å². The number of ether oxygens (including phenoxy) is 2. The topological polar surface area (TPSA) is 143 Å². The van der Waals surface area contributed by atoms with Gasteiger partial charge in [0, 0.05) is 31.1 Å². The Bertz CT molecular complexity index is 1000. The van der Waals surface area contributed by atoms with E-state index in [2.05, 4.69) is 15.8 Å². The van der Waals surface area contributed by atoms with Crippen LogP contribution in [0, 0.1) is 5.92 Å². The van der Waals surface area contributed by atoms with Gasteiger partial charge >= 0.3 is 12.0 Å². The Labute approximate surface area is 184 Å². The lowest BCUT2D eigenvalue weighted by Gasteiger charge is -2.26. The van der Waals surface area contributed by atoms with E-state index >= 15 is 0 Å². The number of rotatable bonds is 8. The molecule has 3 N–H and O–H groups in total. The first-order valence-electron chi connectivity index (χ1n) is 10.1. The number of nitrogens with one attached hydrogen (secondary N) is 2. The molecule has 3 amide bonds. The minimum Gasteiger partial charge on any atom is -0.497 e. The van der Waals surface area contributed by atoms with Gasteiger partial charge in [-0.15, -0.1) is 0 Å². The van der Waals surface area contributed by atoms with Crippen LogP contribution in [-0.4, -0.2) is 60.4 Å². The summed E-state index contributed by atoms with van der Waals surface area (Å²) >= 11 is 0. The SMILES string of the molecule is CCC(CNC(=O)c1noc2c1CN(C(=O)Nc1cc(OC)ccc1OC)CC2)C(=O)O. The fraction of sp³-hybridized carbons (Fsp3) is 0.429. The minimum absolute atomic E-state index is 0.0217.